The normalized spacial score (nSPS) is 22.2. The Morgan fingerprint density at radius 2 is 2.16 bits per heavy atom. The summed E-state index contributed by atoms with van der Waals surface area (Å²) < 4.78 is 5.50. The van der Waals surface area contributed by atoms with Crippen LogP contribution < -0.4 is 10.5 Å². The standard InChI is InChI=1S/C16H26N2O/c1-13(15-8-3-4-9-16(15)19-2)18-12-6-5-7-14(18)10-11-17/h3-4,8-9,13-14H,5-7,10-12,17H2,1-2H3. The van der Waals surface area contributed by atoms with E-state index in [2.05, 4.69) is 24.0 Å². The number of para-hydroxylation sites is 1. The van der Waals surface area contributed by atoms with E-state index in [4.69, 9.17) is 10.5 Å². The molecule has 3 heteroatoms. The van der Waals surface area contributed by atoms with Gasteiger partial charge in [-0.2, -0.15) is 0 Å². The minimum absolute atomic E-state index is 0.396. The van der Waals surface area contributed by atoms with Gasteiger partial charge in [0.15, 0.2) is 0 Å². The Kier molecular flexibility index (Phi) is 5.23. The van der Waals surface area contributed by atoms with Gasteiger partial charge in [0.25, 0.3) is 0 Å². The van der Waals surface area contributed by atoms with Crippen molar-refractivity contribution in [3.05, 3.63) is 29.8 Å². The number of hydrogen-bond donors (Lipinski definition) is 1. The highest BCUT2D eigenvalue weighted by atomic mass is 16.5. The van der Waals surface area contributed by atoms with Crippen LogP contribution in [0.5, 0.6) is 5.75 Å². The summed E-state index contributed by atoms with van der Waals surface area (Å²) in [6, 6.07) is 9.37. The second-order valence-electron chi connectivity index (χ2n) is 5.38. The molecule has 1 aromatic rings. The lowest BCUT2D eigenvalue weighted by Gasteiger charge is -2.40. The van der Waals surface area contributed by atoms with E-state index in [1.807, 2.05) is 12.1 Å². The zero-order valence-corrected chi connectivity index (χ0v) is 12.1. The maximum absolute atomic E-state index is 5.77. The minimum Gasteiger partial charge on any atom is -0.496 e. The van der Waals surface area contributed by atoms with E-state index in [0.29, 0.717) is 12.1 Å². The minimum atomic E-state index is 0.396. The third kappa shape index (κ3) is 3.28. The Hall–Kier alpha value is -1.06. The maximum Gasteiger partial charge on any atom is 0.123 e. The number of benzene rings is 1. The SMILES string of the molecule is COc1ccccc1C(C)N1CCCCC1CCN. The molecule has 1 fully saturated rings. The molecule has 1 heterocycles. The van der Waals surface area contributed by atoms with Crippen molar-refractivity contribution in [1.82, 2.24) is 4.90 Å². The molecular weight excluding hydrogens is 236 g/mol. The Labute approximate surface area is 116 Å². The molecule has 0 aromatic heterocycles. The highest BCUT2D eigenvalue weighted by Gasteiger charge is 2.27. The van der Waals surface area contributed by atoms with Crippen molar-refractivity contribution in [2.75, 3.05) is 20.2 Å². The first-order valence-corrected chi connectivity index (χ1v) is 7.36. The molecule has 2 atom stereocenters. The van der Waals surface area contributed by atoms with Crippen molar-refractivity contribution in [1.29, 1.82) is 0 Å². The van der Waals surface area contributed by atoms with Crippen molar-refractivity contribution in [3.8, 4) is 5.75 Å². The molecule has 1 saturated heterocycles. The first kappa shape index (κ1) is 14.4. The summed E-state index contributed by atoms with van der Waals surface area (Å²) in [6.07, 6.45) is 5.00. The number of nitrogens with zero attached hydrogens (tertiary/aromatic N) is 1. The molecule has 19 heavy (non-hydrogen) atoms. The van der Waals surface area contributed by atoms with E-state index < -0.39 is 0 Å². The van der Waals surface area contributed by atoms with Crippen LogP contribution in [0.15, 0.2) is 24.3 Å². The van der Waals surface area contributed by atoms with Gasteiger partial charge in [-0.3, -0.25) is 4.90 Å². The number of rotatable bonds is 5. The van der Waals surface area contributed by atoms with Crippen LogP contribution in [0.3, 0.4) is 0 Å². The summed E-state index contributed by atoms with van der Waals surface area (Å²) in [5, 5.41) is 0. The lowest BCUT2D eigenvalue weighted by atomic mass is 9.95. The van der Waals surface area contributed by atoms with Gasteiger partial charge in [0.1, 0.15) is 5.75 Å². The van der Waals surface area contributed by atoms with Crippen LogP contribution in [0, 0.1) is 0 Å². The van der Waals surface area contributed by atoms with Gasteiger partial charge in [-0.05, 0) is 45.3 Å². The first-order valence-electron chi connectivity index (χ1n) is 7.36. The van der Waals surface area contributed by atoms with E-state index in [1.54, 1.807) is 7.11 Å². The van der Waals surface area contributed by atoms with Gasteiger partial charge in [-0.15, -0.1) is 0 Å². The molecule has 1 aromatic carbocycles. The van der Waals surface area contributed by atoms with Crippen molar-refractivity contribution in [2.24, 2.45) is 5.73 Å². The lowest BCUT2D eigenvalue weighted by molar-refractivity contribution is 0.0970. The molecule has 2 rings (SSSR count). The molecule has 0 spiro atoms. The number of hydrogen-bond acceptors (Lipinski definition) is 3. The molecule has 2 N–H and O–H groups in total. The van der Waals surface area contributed by atoms with Crippen LogP contribution in [-0.2, 0) is 0 Å². The van der Waals surface area contributed by atoms with E-state index >= 15 is 0 Å². The van der Waals surface area contributed by atoms with Gasteiger partial charge in [0.2, 0.25) is 0 Å². The van der Waals surface area contributed by atoms with Crippen molar-refractivity contribution < 1.29 is 4.74 Å². The predicted octanol–water partition coefficient (Wildman–Crippen LogP) is 2.96. The summed E-state index contributed by atoms with van der Waals surface area (Å²) in [6.45, 7) is 4.23. The van der Waals surface area contributed by atoms with Crippen molar-refractivity contribution in [3.63, 3.8) is 0 Å². The van der Waals surface area contributed by atoms with Gasteiger partial charge in [0, 0.05) is 17.6 Å². The zero-order chi connectivity index (χ0) is 13.7. The Balaban J connectivity index is 2.18. The molecule has 0 bridgehead atoms. The fourth-order valence-corrected chi connectivity index (χ4v) is 3.23. The van der Waals surface area contributed by atoms with Gasteiger partial charge < -0.3 is 10.5 Å². The van der Waals surface area contributed by atoms with Crippen LogP contribution >= 0.6 is 0 Å². The van der Waals surface area contributed by atoms with Gasteiger partial charge in [-0.25, -0.2) is 0 Å². The first-order chi connectivity index (χ1) is 9.27. The molecule has 2 unspecified atom stereocenters. The van der Waals surface area contributed by atoms with Crippen LogP contribution in [-0.4, -0.2) is 31.1 Å². The molecule has 106 valence electrons. The Bertz CT molecular complexity index is 392. The number of ether oxygens (including phenoxy) is 1. The molecule has 3 nitrogen and oxygen atoms in total. The molecule has 0 aliphatic carbocycles. The van der Waals surface area contributed by atoms with Crippen molar-refractivity contribution >= 4 is 0 Å². The fourth-order valence-electron chi connectivity index (χ4n) is 3.23. The van der Waals surface area contributed by atoms with Crippen LogP contribution in [0.2, 0.25) is 0 Å². The third-order valence-corrected chi connectivity index (χ3v) is 4.26. The molecule has 1 aliphatic heterocycles. The summed E-state index contributed by atoms with van der Waals surface area (Å²) in [7, 11) is 1.75. The highest BCUT2D eigenvalue weighted by Crippen LogP contribution is 2.33. The second-order valence-corrected chi connectivity index (χ2v) is 5.38. The fraction of sp³-hybridized carbons (Fsp3) is 0.625. The van der Waals surface area contributed by atoms with Crippen LogP contribution in [0.25, 0.3) is 0 Å². The van der Waals surface area contributed by atoms with Crippen LogP contribution in [0.1, 0.15) is 44.2 Å². The van der Waals surface area contributed by atoms with E-state index in [0.717, 1.165) is 18.7 Å². The average Bonchev–Trinajstić information content (AvgIpc) is 2.47. The third-order valence-electron chi connectivity index (χ3n) is 4.26. The number of nitrogens with two attached hydrogens (primary N) is 1. The molecule has 1 aliphatic rings. The topological polar surface area (TPSA) is 38.5 Å². The predicted molar refractivity (Wildman–Crippen MR) is 79.4 cm³/mol. The molecule has 0 saturated carbocycles. The summed E-state index contributed by atoms with van der Waals surface area (Å²) in [4.78, 5) is 2.61. The van der Waals surface area contributed by atoms with E-state index in [1.165, 1.54) is 31.4 Å². The maximum atomic E-state index is 5.77. The van der Waals surface area contributed by atoms with Gasteiger partial charge in [-0.1, -0.05) is 24.6 Å². The summed E-state index contributed by atoms with van der Waals surface area (Å²) in [5.41, 5.74) is 7.05. The number of piperidine rings is 1. The molecular formula is C16H26N2O. The second kappa shape index (κ2) is 6.92. The average molecular weight is 262 g/mol. The van der Waals surface area contributed by atoms with E-state index in [-0.39, 0.29) is 0 Å². The monoisotopic (exact) mass is 262 g/mol. The van der Waals surface area contributed by atoms with Crippen molar-refractivity contribution in [2.45, 2.75) is 44.7 Å². The Morgan fingerprint density at radius 1 is 1.37 bits per heavy atom. The number of likely N-dealkylation sites (tertiary alicyclic amines) is 1. The quantitative estimate of drug-likeness (QED) is 0.886. The smallest absolute Gasteiger partial charge is 0.123 e. The molecule has 0 radical (unpaired) electrons. The molecule has 0 amide bonds. The lowest BCUT2D eigenvalue weighted by Crippen LogP contribution is -2.42. The highest BCUT2D eigenvalue weighted by molar-refractivity contribution is 5.35. The summed E-state index contributed by atoms with van der Waals surface area (Å²) in [5.74, 6) is 0.993. The van der Waals surface area contributed by atoms with Crippen LogP contribution in [0.4, 0.5) is 0 Å². The summed E-state index contributed by atoms with van der Waals surface area (Å²) >= 11 is 0. The Morgan fingerprint density at radius 3 is 2.89 bits per heavy atom. The van der Waals surface area contributed by atoms with Gasteiger partial charge in [0.05, 0.1) is 7.11 Å². The number of methoxy groups -OCH3 is 1. The van der Waals surface area contributed by atoms with Gasteiger partial charge >= 0.3 is 0 Å². The van der Waals surface area contributed by atoms with E-state index in [9.17, 15) is 0 Å². The zero-order valence-electron chi connectivity index (χ0n) is 12.1. The largest absolute Gasteiger partial charge is 0.496 e.